The minimum Gasteiger partial charge on any atom is -0.748 e. The van der Waals surface area contributed by atoms with E-state index in [-0.39, 0.29) is 103 Å². The molecule has 0 saturated heterocycles. The molecule has 0 fully saturated rings. The molecular formula is C16H12Cl2Li4O14S5. The summed E-state index contributed by atoms with van der Waals surface area (Å²) in [5.74, 6) is -3.04. The molecule has 2 aromatic rings. The SMILES string of the molecule is O=S(=O)([O-])Cc1cc(S(=O)(=O)c2cc(CSOO[O-])c(Cl)c(CSOO[O-])c2)cc(CS(=O)(=O)[O-])c1Cl.[Li+].[Li+].[Li+].[Li+]. The van der Waals surface area contributed by atoms with Gasteiger partial charge in [0, 0.05) is 45.6 Å². The summed E-state index contributed by atoms with van der Waals surface area (Å²) in [7, 11) is -14.7. The molecule has 208 valence electrons. The van der Waals surface area contributed by atoms with Crippen molar-refractivity contribution >= 4 is 77.4 Å². The Balaban J connectivity index is -0.00000361. The van der Waals surface area contributed by atoms with E-state index >= 15 is 0 Å². The monoisotopic (exact) mass is 686 g/mol. The van der Waals surface area contributed by atoms with E-state index in [1.807, 2.05) is 0 Å². The van der Waals surface area contributed by atoms with Gasteiger partial charge in [-0.25, -0.2) is 25.3 Å². The molecule has 0 aromatic heterocycles. The number of halogens is 2. The quantitative estimate of drug-likeness (QED) is 0.0448. The van der Waals surface area contributed by atoms with Gasteiger partial charge in [-0.2, -0.15) is 8.67 Å². The van der Waals surface area contributed by atoms with Crippen LogP contribution in [0, 0.1) is 0 Å². The van der Waals surface area contributed by atoms with Gasteiger partial charge in [-0.1, -0.05) is 23.2 Å². The average Bonchev–Trinajstić information content (AvgIpc) is 2.76. The molecular weight excluding hydrogens is 675 g/mol. The molecule has 0 atom stereocenters. The van der Waals surface area contributed by atoms with Crippen LogP contribution in [0.15, 0.2) is 34.1 Å². The molecule has 2 rings (SSSR count). The van der Waals surface area contributed by atoms with Gasteiger partial charge in [0.25, 0.3) is 0 Å². The Hall–Kier alpha value is 1.64. The first-order valence-corrected chi connectivity index (χ1v) is 16.2. The predicted octanol–water partition coefficient (Wildman–Crippen LogP) is -11.3. The molecule has 0 amide bonds. The Kier molecular flexibility index (Phi) is 23.8. The molecule has 25 heteroatoms. The van der Waals surface area contributed by atoms with Crippen LogP contribution in [0.2, 0.25) is 10.0 Å². The molecule has 0 bridgehead atoms. The summed E-state index contributed by atoms with van der Waals surface area (Å²) >= 11 is 13.1. The van der Waals surface area contributed by atoms with Crippen molar-refractivity contribution in [2.45, 2.75) is 32.8 Å². The summed E-state index contributed by atoms with van der Waals surface area (Å²) < 4.78 is 103. The number of hydrogen-bond donors (Lipinski definition) is 0. The Bertz CT molecular complexity index is 1380. The van der Waals surface area contributed by atoms with Gasteiger partial charge >= 0.3 is 75.4 Å². The van der Waals surface area contributed by atoms with Crippen LogP contribution < -0.4 is 86.0 Å². The number of rotatable bonds is 14. The molecule has 0 radical (unpaired) electrons. The van der Waals surface area contributed by atoms with Crippen LogP contribution in [0.25, 0.3) is 0 Å². The minimum atomic E-state index is -5.01. The molecule has 14 nitrogen and oxygen atoms in total. The smallest absolute Gasteiger partial charge is 0.748 e. The maximum absolute atomic E-state index is 13.5. The second-order valence-electron chi connectivity index (χ2n) is 6.82. The zero-order valence-corrected chi connectivity index (χ0v) is 27.2. The van der Waals surface area contributed by atoms with Gasteiger partial charge in [-0.05, 0) is 46.5 Å². The first kappa shape index (κ1) is 47.1. The second-order valence-corrected chi connectivity index (χ2v) is 13.6. The van der Waals surface area contributed by atoms with Crippen molar-refractivity contribution in [2.75, 3.05) is 0 Å². The molecule has 0 aliphatic rings. The van der Waals surface area contributed by atoms with Crippen molar-refractivity contribution < 1.29 is 139 Å². The normalized spacial score (nSPS) is 11.5. The van der Waals surface area contributed by atoms with Gasteiger partial charge in [-0.3, -0.25) is 10.1 Å². The summed E-state index contributed by atoms with van der Waals surface area (Å²) in [6.07, 6.45) is 0. The van der Waals surface area contributed by atoms with E-state index in [0.29, 0.717) is 24.1 Å². The third-order valence-corrected chi connectivity index (χ3v) is 9.43. The van der Waals surface area contributed by atoms with Crippen molar-refractivity contribution in [2.24, 2.45) is 0 Å². The zero-order chi connectivity index (χ0) is 28.0. The Morgan fingerprint density at radius 1 is 0.610 bits per heavy atom. The van der Waals surface area contributed by atoms with E-state index in [9.17, 15) is 44.9 Å². The third-order valence-electron chi connectivity index (χ3n) is 4.26. The van der Waals surface area contributed by atoms with Gasteiger partial charge in [0.15, 0.2) is 0 Å². The third kappa shape index (κ3) is 15.2. The largest absolute Gasteiger partial charge is 1.00 e. The van der Waals surface area contributed by atoms with E-state index in [4.69, 9.17) is 23.2 Å². The van der Waals surface area contributed by atoms with Crippen molar-refractivity contribution in [1.82, 2.24) is 0 Å². The molecule has 41 heavy (non-hydrogen) atoms. The second kappa shape index (κ2) is 20.7. The summed E-state index contributed by atoms with van der Waals surface area (Å²) in [4.78, 5) is -1.18. The van der Waals surface area contributed by atoms with E-state index in [1.54, 1.807) is 0 Å². The fraction of sp³-hybridized carbons (Fsp3) is 0.250. The molecule has 0 unspecified atom stereocenters. The molecule has 0 saturated carbocycles. The van der Waals surface area contributed by atoms with E-state index in [0.717, 1.165) is 24.3 Å². The molecule has 0 N–H and O–H groups in total. The molecule has 0 aliphatic carbocycles. The van der Waals surface area contributed by atoms with E-state index in [2.05, 4.69) is 18.7 Å². The maximum atomic E-state index is 13.5. The van der Waals surface area contributed by atoms with Gasteiger partial charge in [0.2, 0.25) is 9.84 Å². The first-order chi connectivity index (χ1) is 17.1. The topological polar surface area (TPSA) is 232 Å². The van der Waals surface area contributed by atoms with Crippen molar-refractivity contribution in [3.63, 3.8) is 0 Å². The van der Waals surface area contributed by atoms with E-state index < -0.39 is 67.5 Å². The minimum absolute atomic E-state index is 0. The van der Waals surface area contributed by atoms with Crippen LogP contribution in [-0.4, -0.2) is 34.4 Å². The molecule has 2 aromatic carbocycles. The number of hydrogen-bond acceptors (Lipinski definition) is 16. The zero-order valence-electron chi connectivity index (χ0n) is 21.7. The molecule has 0 aliphatic heterocycles. The van der Waals surface area contributed by atoms with Gasteiger partial charge in [-0.15, -0.1) is 0 Å². The number of sulfone groups is 1. The summed E-state index contributed by atoms with van der Waals surface area (Å²) in [5, 5.41) is 26.0. The van der Waals surface area contributed by atoms with Gasteiger partial charge in [0.1, 0.15) is 0 Å². The first-order valence-electron chi connectivity index (χ1n) is 9.00. The van der Waals surface area contributed by atoms with E-state index in [1.165, 1.54) is 0 Å². The average molecular weight is 687 g/mol. The standard InChI is InChI=1S/C16H16Cl2O14S5.4Li/c17-15-9(5-33-31-29-19)1-13(2-10(15)6-34-32-30-20)37(27,28)14-3-11(7-35(21,22)23)16(18)12(4-14)8-36(24,25)26;;;;/h1-4,19-20H,5-8H2,(H,21,22,23)(H,24,25,26);;;;/q;4*+1/p-4. The van der Waals surface area contributed by atoms with Crippen LogP contribution in [0.3, 0.4) is 0 Å². The number of benzene rings is 2. The Morgan fingerprint density at radius 2 is 0.902 bits per heavy atom. The summed E-state index contributed by atoms with van der Waals surface area (Å²) in [6, 6.07) is 3.60. The van der Waals surface area contributed by atoms with Crippen molar-refractivity contribution in [1.29, 1.82) is 0 Å². The van der Waals surface area contributed by atoms with Crippen LogP contribution in [0.4, 0.5) is 0 Å². The molecule has 0 heterocycles. The van der Waals surface area contributed by atoms with Crippen molar-refractivity contribution in [3.8, 4) is 0 Å². The maximum Gasteiger partial charge on any atom is 1.00 e. The van der Waals surface area contributed by atoms with Crippen molar-refractivity contribution in [3.05, 3.63) is 56.6 Å². The Morgan fingerprint density at radius 3 is 1.20 bits per heavy atom. The van der Waals surface area contributed by atoms with Crippen LogP contribution >= 0.6 is 47.3 Å². The fourth-order valence-corrected chi connectivity index (χ4v) is 7.26. The fourth-order valence-electron chi connectivity index (χ4n) is 2.90. The molecule has 0 spiro atoms. The van der Waals surface area contributed by atoms with Crippen LogP contribution in [0.5, 0.6) is 0 Å². The predicted molar refractivity (Wildman–Crippen MR) is 122 cm³/mol. The van der Waals surface area contributed by atoms with Gasteiger partial charge in [0.05, 0.1) is 41.5 Å². The summed E-state index contributed by atoms with van der Waals surface area (Å²) in [5.41, 5.74) is -0.943. The van der Waals surface area contributed by atoms with Crippen LogP contribution in [-0.2, 0) is 71.8 Å². The summed E-state index contributed by atoms with van der Waals surface area (Å²) in [6.45, 7) is 0. The van der Waals surface area contributed by atoms with Gasteiger partial charge < -0.3 is 19.6 Å². The Labute approximate surface area is 302 Å². The van der Waals surface area contributed by atoms with Crippen LogP contribution in [0.1, 0.15) is 22.3 Å².